The van der Waals surface area contributed by atoms with Crippen molar-refractivity contribution in [2.75, 3.05) is 6.61 Å². The Balaban J connectivity index is 1.78. The van der Waals surface area contributed by atoms with Crippen LogP contribution in [0.25, 0.3) is 32.9 Å². The number of rotatable bonds is 5. The Bertz CT molecular complexity index is 1420. The first-order chi connectivity index (χ1) is 15.6. The maximum Gasteiger partial charge on any atom is 0.252 e. The highest BCUT2D eigenvalue weighted by Gasteiger charge is 2.35. The standard InChI is InChI=1S/C27H26N2O3/c1-2-22(31)16-8-9-21-18(13-16)24-20-14-28-27(32)25(20)23-17-7-4-3-6-15(17)12-19(23)26(24)29(21)10-5-11-30/h3-4,6-9,13,22,30-31H,2,5,10-12,14H2,1H3,(H,28,32). The molecule has 0 saturated heterocycles. The molecule has 2 aliphatic rings. The number of aliphatic hydroxyl groups excluding tert-OH is 2. The summed E-state index contributed by atoms with van der Waals surface area (Å²) in [6.45, 7) is 3.32. The van der Waals surface area contributed by atoms with Crippen LogP contribution in [0.5, 0.6) is 0 Å². The van der Waals surface area contributed by atoms with Crippen LogP contribution < -0.4 is 5.32 Å². The molecule has 5 heteroatoms. The van der Waals surface area contributed by atoms with Crippen molar-refractivity contribution in [3.05, 3.63) is 70.3 Å². The van der Waals surface area contributed by atoms with E-state index in [9.17, 15) is 15.0 Å². The van der Waals surface area contributed by atoms with Crippen LogP contribution in [0.1, 0.15) is 58.5 Å². The maximum absolute atomic E-state index is 13.0. The third-order valence-electron chi connectivity index (χ3n) is 7.15. The number of aliphatic hydroxyl groups is 2. The second-order valence-corrected chi connectivity index (χ2v) is 8.88. The predicted molar refractivity (Wildman–Crippen MR) is 126 cm³/mol. The highest BCUT2D eigenvalue weighted by molar-refractivity contribution is 6.20. The highest BCUT2D eigenvalue weighted by atomic mass is 16.3. The van der Waals surface area contributed by atoms with Crippen LogP contribution in [0.2, 0.25) is 0 Å². The fourth-order valence-electron chi connectivity index (χ4n) is 5.70. The number of aromatic nitrogens is 1. The summed E-state index contributed by atoms with van der Waals surface area (Å²) in [5.41, 5.74) is 9.68. The molecule has 1 aromatic heterocycles. The minimum Gasteiger partial charge on any atom is -0.396 e. The SMILES string of the molecule is CCC(O)c1ccc2c(c1)c1c3c(c4c(c1n2CCCO)Cc1ccccc1-4)C(=O)NC3. The van der Waals surface area contributed by atoms with Crippen molar-refractivity contribution in [3.8, 4) is 11.1 Å². The van der Waals surface area contributed by atoms with Crippen LogP contribution >= 0.6 is 0 Å². The third kappa shape index (κ3) is 2.55. The molecule has 0 saturated carbocycles. The van der Waals surface area contributed by atoms with Gasteiger partial charge in [-0.1, -0.05) is 37.3 Å². The second-order valence-electron chi connectivity index (χ2n) is 8.88. The average Bonchev–Trinajstić information content (AvgIpc) is 3.48. The molecule has 32 heavy (non-hydrogen) atoms. The lowest BCUT2D eigenvalue weighted by Crippen LogP contribution is -2.13. The first kappa shape index (κ1) is 19.5. The molecule has 1 unspecified atom stereocenters. The van der Waals surface area contributed by atoms with Crippen molar-refractivity contribution in [1.29, 1.82) is 0 Å². The van der Waals surface area contributed by atoms with Gasteiger partial charge >= 0.3 is 0 Å². The molecule has 1 atom stereocenters. The second kappa shape index (κ2) is 7.19. The molecule has 0 fully saturated rings. The lowest BCUT2D eigenvalue weighted by Gasteiger charge is -2.13. The number of nitrogens with zero attached hydrogens (tertiary/aromatic N) is 1. The van der Waals surface area contributed by atoms with Gasteiger partial charge in [-0.15, -0.1) is 0 Å². The Labute approximate surface area is 186 Å². The van der Waals surface area contributed by atoms with E-state index in [2.05, 4.69) is 40.2 Å². The van der Waals surface area contributed by atoms with Crippen molar-refractivity contribution in [2.24, 2.45) is 0 Å². The molecule has 1 aliphatic heterocycles. The van der Waals surface area contributed by atoms with E-state index in [1.807, 2.05) is 19.1 Å². The monoisotopic (exact) mass is 426 g/mol. The molecule has 3 N–H and O–H groups in total. The number of aryl methyl sites for hydroxylation is 1. The van der Waals surface area contributed by atoms with Gasteiger partial charge < -0.3 is 20.1 Å². The van der Waals surface area contributed by atoms with Crippen molar-refractivity contribution in [2.45, 2.75) is 45.4 Å². The van der Waals surface area contributed by atoms with E-state index in [0.29, 0.717) is 25.9 Å². The van der Waals surface area contributed by atoms with Crippen molar-refractivity contribution >= 4 is 27.7 Å². The van der Waals surface area contributed by atoms with Gasteiger partial charge in [0.1, 0.15) is 0 Å². The van der Waals surface area contributed by atoms with E-state index >= 15 is 0 Å². The largest absolute Gasteiger partial charge is 0.396 e. The van der Waals surface area contributed by atoms with Crippen molar-refractivity contribution < 1.29 is 15.0 Å². The van der Waals surface area contributed by atoms with Crippen molar-refractivity contribution in [1.82, 2.24) is 9.88 Å². The van der Waals surface area contributed by atoms with E-state index in [0.717, 1.165) is 56.0 Å². The molecule has 4 aromatic rings. The molecule has 6 rings (SSSR count). The summed E-state index contributed by atoms with van der Waals surface area (Å²) in [4.78, 5) is 13.0. The number of benzene rings is 3. The number of hydrogen-bond acceptors (Lipinski definition) is 3. The number of hydrogen-bond donors (Lipinski definition) is 3. The maximum atomic E-state index is 13.0. The topological polar surface area (TPSA) is 74.5 Å². The van der Waals surface area contributed by atoms with Crippen LogP contribution in [-0.4, -0.2) is 27.3 Å². The summed E-state index contributed by atoms with van der Waals surface area (Å²) in [5.74, 6) is -0.00383. The quantitative estimate of drug-likeness (QED) is 0.389. The van der Waals surface area contributed by atoms with Crippen LogP contribution in [0.4, 0.5) is 0 Å². The summed E-state index contributed by atoms with van der Waals surface area (Å²) in [5, 5.41) is 25.4. The number of carbonyl (C=O) groups is 1. The zero-order valence-electron chi connectivity index (χ0n) is 18.1. The van der Waals surface area contributed by atoms with Gasteiger partial charge in [0, 0.05) is 48.0 Å². The van der Waals surface area contributed by atoms with Crippen LogP contribution in [0.3, 0.4) is 0 Å². The minimum atomic E-state index is -0.512. The average molecular weight is 427 g/mol. The zero-order valence-corrected chi connectivity index (χ0v) is 18.1. The fraction of sp³-hybridized carbons (Fsp3) is 0.296. The normalized spacial score (nSPS) is 15.2. The van der Waals surface area contributed by atoms with Crippen LogP contribution in [0.15, 0.2) is 42.5 Å². The molecule has 1 aliphatic carbocycles. The van der Waals surface area contributed by atoms with Gasteiger partial charge in [0.2, 0.25) is 0 Å². The van der Waals surface area contributed by atoms with Crippen LogP contribution in [0, 0.1) is 0 Å². The summed E-state index contributed by atoms with van der Waals surface area (Å²) < 4.78 is 2.32. The molecule has 2 heterocycles. The van der Waals surface area contributed by atoms with Crippen LogP contribution in [-0.2, 0) is 19.5 Å². The first-order valence-corrected chi connectivity index (χ1v) is 11.4. The molecule has 3 aromatic carbocycles. The molecule has 0 spiro atoms. The number of nitrogens with one attached hydrogen (secondary N) is 1. The van der Waals surface area contributed by atoms with Gasteiger partial charge in [0.25, 0.3) is 5.91 Å². The Hall–Kier alpha value is -3.15. The van der Waals surface area contributed by atoms with Gasteiger partial charge in [-0.25, -0.2) is 0 Å². The summed E-state index contributed by atoms with van der Waals surface area (Å²) in [6.07, 6.45) is 1.59. The van der Waals surface area contributed by atoms with Gasteiger partial charge in [-0.2, -0.15) is 0 Å². The fourth-order valence-corrected chi connectivity index (χ4v) is 5.70. The molecule has 1 amide bonds. The first-order valence-electron chi connectivity index (χ1n) is 11.4. The molecule has 5 nitrogen and oxygen atoms in total. The molecular formula is C27H26N2O3. The van der Waals surface area contributed by atoms with Gasteiger partial charge in [-0.3, -0.25) is 4.79 Å². The van der Waals surface area contributed by atoms with E-state index in [1.54, 1.807) is 0 Å². The Morgan fingerprint density at radius 1 is 1.12 bits per heavy atom. The van der Waals surface area contributed by atoms with E-state index < -0.39 is 6.10 Å². The Morgan fingerprint density at radius 2 is 1.97 bits per heavy atom. The summed E-state index contributed by atoms with van der Waals surface area (Å²) in [7, 11) is 0. The van der Waals surface area contributed by atoms with Crippen molar-refractivity contribution in [3.63, 3.8) is 0 Å². The molecule has 0 bridgehead atoms. The zero-order chi connectivity index (χ0) is 22.0. The van der Waals surface area contributed by atoms with Gasteiger partial charge in [0.15, 0.2) is 0 Å². The predicted octanol–water partition coefficient (Wildman–Crippen LogP) is 4.43. The summed E-state index contributed by atoms with van der Waals surface area (Å²) in [6, 6.07) is 14.6. The molecular weight excluding hydrogens is 400 g/mol. The number of amides is 1. The van der Waals surface area contributed by atoms with Gasteiger partial charge in [0.05, 0.1) is 17.2 Å². The number of carbonyl (C=O) groups excluding carboxylic acids is 1. The number of fused-ring (bicyclic) bond motifs is 10. The highest BCUT2D eigenvalue weighted by Crippen LogP contribution is 2.48. The van der Waals surface area contributed by atoms with Gasteiger partial charge in [-0.05, 0) is 52.8 Å². The molecule has 0 radical (unpaired) electrons. The Kier molecular flexibility index (Phi) is 4.39. The van der Waals surface area contributed by atoms with E-state index in [-0.39, 0.29) is 12.5 Å². The lowest BCUT2D eigenvalue weighted by atomic mass is 9.91. The van der Waals surface area contributed by atoms with E-state index in [4.69, 9.17) is 0 Å². The summed E-state index contributed by atoms with van der Waals surface area (Å²) >= 11 is 0. The minimum absolute atomic E-state index is 0.00383. The van der Waals surface area contributed by atoms with E-state index in [1.165, 1.54) is 11.1 Å². The Morgan fingerprint density at radius 3 is 2.78 bits per heavy atom. The molecule has 162 valence electrons. The third-order valence-corrected chi connectivity index (χ3v) is 7.15. The lowest BCUT2D eigenvalue weighted by molar-refractivity contribution is 0.0966. The smallest absolute Gasteiger partial charge is 0.252 e.